The summed E-state index contributed by atoms with van der Waals surface area (Å²) in [7, 11) is 0. The van der Waals surface area contributed by atoms with Gasteiger partial charge in [0, 0.05) is 35.6 Å². The molecule has 0 bridgehead atoms. The van der Waals surface area contributed by atoms with E-state index in [1.807, 2.05) is 45.4 Å². The summed E-state index contributed by atoms with van der Waals surface area (Å²) >= 11 is 0. The van der Waals surface area contributed by atoms with Gasteiger partial charge in [-0.2, -0.15) is 0 Å². The molecule has 2 nitrogen and oxygen atoms in total. The molecular weight excluding hydrogens is 160 g/mol. The highest BCUT2D eigenvalue weighted by molar-refractivity contribution is 5.83. The fraction of sp³-hybridized carbons (Fsp3) is 0.273. The third kappa shape index (κ3) is 2.02. The summed E-state index contributed by atoms with van der Waals surface area (Å²) in [6.45, 7) is 6.04. The molecular formula is C11H14N2. The lowest BCUT2D eigenvalue weighted by molar-refractivity contribution is 1.28. The lowest BCUT2D eigenvalue weighted by atomic mass is 10.1. The first kappa shape index (κ1) is 9.65. The highest BCUT2D eigenvalue weighted by Crippen LogP contribution is 2.13. The lowest BCUT2D eigenvalue weighted by Gasteiger charge is -1.97. The molecule has 0 spiro atoms. The molecule has 2 aromatic rings. The Hall–Kier alpha value is -1.44. The van der Waals surface area contributed by atoms with Crippen molar-refractivity contribution in [3.05, 3.63) is 36.4 Å². The molecule has 2 heteroatoms. The summed E-state index contributed by atoms with van der Waals surface area (Å²) in [4.78, 5) is 8.13. The third-order valence-corrected chi connectivity index (χ3v) is 1.76. The van der Waals surface area contributed by atoms with Crippen LogP contribution in [0.2, 0.25) is 0 Å². The normalized spacial score (nSPS) is 9.15. The van der Waals surface area contributed by atoms with Gasteiger partial charge < -0.3 is 0 Å². The van der Waals surface area contributed by atoms with Gasteiger partial charge in [0.2, 0.25) is 0 Å². The maximum Gasteiger partial charge on any atom is 0.0350 e. The SMILES string of the molecule is CC.Cc1cncc2ccncc12. The molecule has 0 radical (unpaired) electrons. The smallest absolute Gasteiger partial charge is 0.0350 e. The Kier molecular flexibility index (Phi) is 3.38. The second-order valence-electron chi connectivity index (χ2n) is 2.55. The van der Waals surface area contributed by atoms with Crippen LogP contribution in [0, 0.1) is 6.92 Å². The van der Waals surface area contributed by atoms with Crippen LogP contribution < -0.4 is 0 Å². The minimum atomic E-state index is 1.15. The molecule has 0 aliphatic rings. The molecule has 0 atom stereocenters. The number of fused-ring (bicyclic) bond motifs is 1. The Morgan fingerprint density at radius 1 is 1.00 bits per heavy atom. The van der Waals surface area contributed by atoms with E-state index in [0.29, 0.717) is 0 Å². The minimum Gasteiger partial charge on any atom is -0.264 e. The Morgan fingerprint density at radius 2 is 1.77 bits per heavy atom. The molecule has 68 valence electrons. The Bertz CT molecular complexity index is 377. The molecule has 2 heterocycles. The predicted octanol–water partition coefficient (Wildman–Crippen LogP) is 2.96. The lowest BCUT2D eigenvalue weighted by Crippen LogP contribution is -1.81. The summed E-state index contributed by atoms with van der Waals surface area (Å²) in [5, 5.41) is 2.34. The largest absolute Gasteiger partial charge is 0.264 e. The predicted molar refractivity (Wildman–Crippen MR) is 55.6 cm³/mol. The van der Waals surface area contributed by atoms with Crippen molar-refractivity contribution in [2.75, 3.05) is 0 Å². The average Bonchev–Trinajstić information content (AvgIpc) is 2.22. The summed E-state index contributed by atoms with van der Waals surface area (Å²) in [5.74, 6) is 0. The van der Waals surface area contributed by atoms with Gasteiger partial charge in [0.1, 0.15) is 0 Å². The number of hydrogen-bond donors (Lipinski definition) is 0. The highest BCUT2D eigenvalue weighted by atomic mass is 14.6. The maximum atomic E-state index is 4.08. The summed E-state index contributed by atoms with van der Waals surface area (Å²) in [6.07, 6.45) is 7.35. The van der Waals surface area contributed by atoms with Crippen molar-refractivity contribution in [2.45, 2.75) is 20.8 Å². The fourth-order valence-corrected chi connectivity index (χ4v) is 1.15. The van der Waals surface area contributed by atoms with Crippen molar-refractivity contribution >= 4 is 10.8 Å². The molecule has 0 aromatic carbocycles. The van der Waals surface area contributed by atoms with Crippen molar-refractivity contribution in [3.63, 3.8) is 0 Å². The second kappa shape index (κ2) is 4.55. The topological polar surface area (TPSA) is 25.8 Å². The van der Waals surface area contributed by atoms with Crippen molar-refractivity contribution in [3.8, 4) is 0 Å². The van der Waals surface area contributed by atoms with Gasteiger partial charge in [-0.1, -0.05) is 13.8 Å². The van der Waals surface area contributed by atoms with E-state index in [1.54, 1.807) is 6.20 Å². The van der Waals surface area contributed by atoms with Gasteiger partial charge in [-0.3, -0.25) is 9.97 Å². The van der Waals surface area contributed by atoms with Crippen LogP contribution in [-0.4, -0.2) is 9.97 Å². The summed E-state index contributed by atoms with van der Waals surface area (Å²) in [6, 6.07) is 1.97. The molecule has 0 unspecified atom stereocenters. The van der Waals surface area contributed by atoms with E-state index in [-0.39, 0.29) is 0 Å². The molecule has 0 N–H and O–H groups in total. The number of aryl methyl sites for hydroxylation is 1. The van der Waals surface area contributed by atoms with Gasteiger partial charge in [-0.05, 0) is 18.6 Å². The molecule has 0 aliphatic carbocycles. The van der Waals surface area contributed by atoms with Gasteiger partial charge in [0.15, 0.2) is 0 Å². The zero-order chi connectivity index (χ0) is 9.68. The van der Waals surface area contributed by atoms with Crippen LogP contribution in [0.1, 0.15) is 19.4 Å². The van der Waals surface area contributed by atoms with Crippen LogP contribution in [0.3, 0.4) is 0 Å². The fourth-order valence-electron chi connectivity index (χ4n) is 1.15. The van der Waals surface area contributed by atoms with Crippen molar-refractivity contribution in [1.29, 1.82) is 0 Å². The van der Waals surface area contributed by atoms with E-state index in [2.05, 4.69) is 9.97 Å². The second-order valence-corrected chi connectivity index (χ2v) is 2.55. The van der Waals surface area contributed by atoms with Gasteiger partial charge in [-0.15, -0.1) is 0 Å². The molecule has 0 amide bonds. The Labute approximate surface area is 78.7 Å². The van der Waals surface area contributed by atoms with Crippen molar-refractivity contribution in [2.24, 2.45) is 0 Å². The highest BCUT2D eigenvalue weighted by Gasteiger charge is 1.93. The first-order valence-corrected chi connectivity index (χ1v) is 4.52. The molecule has 2 aromatic heterocycles. The van der Waals surface area contributed by atoms with Crippen LogP contribution in [0.4, 0.5) is 0 Å². The van der Waals surface area contributed by atoms with E-state index in [4.69, 9.17) is 0 Å². The van der Waals surface area contributed by atoms with E-state index in [1.165, 1.54) is 10.9 Å². The van der Waals surface area contributed by atoms with E-state index < -0.39 is 0 Å². The number of nitrogens with zero attached hydrogens (tertiary/aromatic N) is 2. The number of rotatable bonds is 0. The summed E-state index contributed by atoms with van der Waals surface area (Å²) in [5.41, 5.74) is 1.18. The molecule has 13 heavy (non-hydrogen) atoms. The molecule has 0 aliphatic heterocycles. The van der Waals surface area contributed by atoms with E-state index in [9.17, 15) is 0 Å². The van der Waals surface area contributed by atoms with Gasteiger partial charge in [0.25, 0.3) is 0 Å². The first-order chi connectivity index (χ1) is 6.38. The van der Waals surface area contributed by atoms with Crippen molar-refractivity contribution < 1.29 is 0 Å². The standard InChI is InChI=1S/C9H8N2.C2H6/c1-7-4-11-5-8-2-3-10-6-9(7)8;1-2/h2-6H,1H3;1-2H3. The molecule has 0 saturated carbocycles. The third-order valence-electron chi connectivity index (χ3n) is 1.76. The van der Waals surface area contributed by atoms with Gasteiger partial charge in [0.05, 0.1) is 0 Å². The molecule has 2 rings (SSSR count). The van der Waals surface area contributed by atoms with Crippen LogP contribution in [0.5, 0.6) is 0 Å². The van der Waals surface area contributed by atoms with Crippen LogP contribution >= 0.6 is 0 Å². The van der Waals surface area contributed by atoms with Crippen molar-refractivity contribution in [1.82, 2.24) is 9.97 Å². The Balaban J connectivity index is 0.000000396. The quantitative estimate of drug-likeness (QED) is 0.613. The minimum absolute atomic E-state index is 1.15. The van der Waals surface area contributed by atoms with Gasteiger partial charge in [-0.25, -0.2) is 0 Å². The van der Waals surface area contributed by atoms with Gasteiger partial charge >= 0.3 is 0 Å². The number of aromatic nitrogens is 2. The zero-order valence-electron chi connectivity index (χ0n) is 8.28. The Morgan fingerprint density at radius 3 is 2.46 bits per heavy atom. The van der Waals surface area contributed by atoms with Crippen LogP contribution in [0.25, 0.3) is 10.8 Å². The first-order valence-electron chi connectivity index (χ1n) is 4.52. The monoisotopic (exact) mass is 174 g/mol. The summed E-state index contributed by atoms with van der Waals surface area (Å²) < 4.78 is 0. The number of hydrogen-bond acceptors (Lipinski definition) is 2. The van der Waals surface area contributed by atoms with E-state index >= 15 is 0 Å². The van der Waals surface area contributed by atoms with E-state index in [0.717, 1.165) is 5.39 Å². The average molecular weight is 174 g/mol. The molecule has 0 saturated heterocycles. The maximum absolute atomic E-state index is 4.08. The number of pyridine rings is 2. The molecule has 0 fully saturated rings. The van der Waals surface area contributed by atoms with Crippen LogP contribution in [0.15, 0.2) is 30.9 Å². The van der Waals surface area contributed by atoms with Crippen LogP contribution in [-0.2, 0) is 0 Å². The zero-order valence-corrected chi connectivity index (χ0v) is 8.28.